The second kappa shape index (κ2) is 8.06. The fourth-order valence-corrected chi connectivity index (χ4v) is 4.59. The first-order valence-corrected chi connectivity index (χ1v) is 10.8. The van der Waals surface area contributed by atoms with Gasteiger partial charge in [0.15, 0.2) is 11.6 Å². The van der Waals surface area contributed by atoms with Crippen LogP contribution in [-0.2, 0) is 11.8 Å². The Hall–Kier alpha value is -2.94. The van der Waals surface area contributed by atoms with Gasteiger partial charge in [0.2, 0.25) is 5.95 Å². The summed E-state index contributed by atoms with van der Waals surface area (Å²) in [6, 6.07) is 3.78. The second-order valence-electron chi connectivity index (χ2n) is 8.38. The van der Waals surface area contributed by atoms with Crippen LogP contribution in [0.25, 0.3) is 5.52 Å². The molecule has 0 bridgehead atoms. The van der Waals surface area contributed by atoms with E-state index in [0.717, 1.165) is 56.7 Å². The van der Waals surface area contributed by atoms with Crippen LogP contribution in [0.1, 0.15) is 32.1 Å². The molecule has 0 amide bonds. The Morgan fingerprint density at radius 2 is 2.27 bits per heavy atom. The number of carbonyl (C=O) groups is 1. The Bertz CT molecular complexity index is 1030. The van der Waals surface area contributed by atoms with E-state index in [0.29, 0.717) is 29.9 Å². The molecular formula is C21H28N8O. The number of rotatable bonds is 6. The number of hydrogen-bond acceptors (Lipinski definition) is 7. The van der Waals surface area contributed by atoms with Crippen LogP contribution < -0.4 is 15.5 Å². The maximum absolute atomic E-state index is 13.1. The average molecular weight is 409 g/mol. The zero-order valence-electron chi connectivity index (χ0n) is 17.3. The maximum Gasteiger partial charge on any atom is 0.246 e. The first-order valence-electron chi connectivity index (χ1n) is 10.8. The Kier molecular flexibility index (Phi) is 5.12. The van der Waals surface area contributed by atoms with Crippen LogP contribution in [0.2, 0.25) is 0 Å². The van der Waals surface area contributed by atoms with Gasteiger partial charge in [0.05, 0.1) is 12.4 Å². The highest BCUT2D eigenvalue weighted by atomic mass is 16.1. The lowest BCUT2D eigenvalue weighted by Gasteiger charge is -2.27. The van der Waals surface area contributed by atoms with Gasteiger partial charge in [-0.25, -0.2) is 9.50 Å². The van der Waals surface area contributed by atoms with Crippen molar-refractivity contribution < 1.29 is 4.79 Å². The number of carbonyl (C=O) groups excluding carboxylic acids is 1. The second-order valence-corrected chi connectivity index (χ2v) is 8.38. The molecule has 0 aliphatic carbocycles. The minimum atomic E-state index is -0.136. The number of imidazole rings is 1. The number of Topliss-reactive ketones (excluding diaryl/α,β-unsaturated/α-hetero) is 1. The molecule has 0 spiro atoms. The Labute approximate surface area is 175 Å². The van der Waals surface area contributed by atoms with Crippen molar-refractivity contribution in [2.24, 2.45) is 13.0 Å². The van der Waals surface area contributed by atoms with E-state index < -0.39 is 0 Å². The van der Waals surface area contributed by atoms with Crippen LogP contribution in [0.15, 0.2) is 30.9 Å². The third-order valence-electron chi connectivity index (χ3n) is 6.10. The van der Waals surface area contributed by atoms with Crippen LogP contribution in [0.4, 0.5) is 17.6 Å². The molecule has 2 saturated heterocycles. The average Bonchev–Trinajstić information content (AvgIpc) is 3.49. The summed E-state index contributed by atoms with van der Waals surface area (Å²) in [7, 11) is 1.93. The normalized spacial score (nSPS) is 22.0. The summed E-state index contributed by atoms with van der Waals surface area (Å²) in [5.41, 5.74) is 0.875. The lowest BCUT2D eigenvalue weighted by atomic mass is 9.91. The number of piperidine rings is 1. The number of anilines is 3. The summed E-state index contributed by atoms with van der Waals surface area (Å²) < 4.78 is 3.70. The number of fused-ring (bicyclic) bond motifs is 1. The van der Waals surface area contributed by atoms with Crippen molar-refractivity contribution in [3.63, 3.8) is 0 Å². The van der Waals surface area contributed by atoms with Crippen molar-refractivity contribution in [3.8, 4) is 0 Å². The van der Waals surface area contributed by atoms with Gasteiger partial charge in [-0.3, -0.25) is 4.79 Å². The highest BCUT2D eigenvalue weighted by molar-refractivity contribution is 5.87. The quantitative estimate of drug-likeness (QED) is 0.645. The lowest BCUT2D eigenvalue weighted by Crippen LogP contribution is -2.40. The molecule has 158 valence electrons. The van der Waals surface area contributed by atoms with Gasteiger partial charge in [0.1, 0.15) is 11.3 Å². The van der Waals surface area contributed by atoms with Gasteiger partial charge in [-0.1, -0.05) is 0 Å². The first kappa shape index (κ1) is 19.0. The molecule has 30 heavy (non-hydrogen) atoms. The molecule has 3 aromatic rings. The Balaban J connectivity index is 1.40. The predicted molar refractivity (Wildman–Crippen MR) is 115 cm³/mol. The molecule has 3 aromatic heterocycles. The number of ketones is 1. The molecule has 2 fully saturated rings. The van der Waals surface area contributed by atoms with Crippen molar-refractivity contribution >= 4 is 28.9 Å². The number of aryl methyl sites for hydroxylation is 1. The van der Waals surface area contributed by atoms with E-state index in [2.05, 4.69) is 20.5 Å². The van der Waals surface area contributed by atoms with E-state index in [-0.39, 0.29) is 6.04 Å². The molecule has 2 N–H and O–H groups in total. The number of aromatic nitrogens is 5. The third-order valence-corrected chi connectivity index (χ3v) is 6.10. The van der Waals surface area contributed by atoms with E-state index in [1.807, 2.05) is 40.7 Å². The van der Waals surface area contributed by atoms with Crippen LogP contribution in [0.5, 0.6) is 0 Å². The summed E-state index contributed by atoms with van der Waals surface area (Å²) in [6.07, 6.45) is 10.3. The van der Waals surface area contributed by atoms with Gasteiger partial charge in [-0.2, -0.15) is 4.98 Å². The van der Waals surface area contributed by atoms with Crippen LogP contribution >= 0.6 is 0 Å². The van der Waals surface area contributed by atoms with Crippen molar-refractivity contribution in [1.29, 1.82) is 0 Å². The lowest BCUT2D eigenvalue weighted by molar-refractivity contribution is -0.121. The zero-order chi connectivity index (χ0) is 20.5. The number of hydrogen-bond donors (Lipinski definition) is 2. The molecule has 2 aliphatic heterocycles. The van der Waals surface area contributed by atoms with Gasteiger partial charge in [0.25, 0.3) is 0 Å². The van der Waals surface area contributed by atoms with Crippen LogP contribution in [0, 0.1) is 5.92 Å². The van der Waals surface area contributed by atoms with E-state index in [1.54, 1.807) is 6.33 Å². The van der Waals surface area contributed by atoms with Gasteiger partial charge in [0, 0.05) is 32.4 Å². The Morgan fingerprint density at radius 3 is 3.07 bits per heavy atom. The maximum atomic E-state index is 13.1. The third kappa shape index (κ3) is 3.77. The minimum Gasteiger partial charge on any atom is -0.338 e. The molecule has 0 saturated carbocycles. The molecule has 5 heterocycles. The summed E-state index contributed by atoms with van der Waals surface area (Å²) >= 11 is 0. The molecule has 0 radical (unpaired) electrons. The molecule has 9 nitrogen and oxygen atoms in total. The summed E-state index contributed by atoms with van der Waals surface area (Å²) in [5.74, 6) is 2.77. The molecule has 2 aliphatic rings. The van der Waals surface area contributed by atoms with Gasteiger partial charge in [-0.05, 0) is 56.8 Å². The fraction of sp³-hybridized carbons (Fsp3) is 0.524. The van der Waals surface area contributed by atoms with E-state index in [9.17, 15) is 4.79 Å². The smallest absolute Gasteiger partial charge is 0.246 e. The molecule has 2 atom stereocenters. The minimum absolute atomic E-state index is 0.136. The summed E-state index contributed by atoms with van der Waals surface area (Å²) in [5, 5.41) is 11.4. The van der Waals surface area contributed by atoms with E-state index in [1.165, 1.54) is 0 Å². The first-order chi connectivity index (χ1) is 14.7. The summed E-state index contributed by atoms with van der Waals surface area (Å²) in [6.45, 7) is 2.81. The SMILES string of the molecule is Cn1cnc(Nc2nc(N3CCC[C@H]3C(=O)CC3CCCNC3)nn3cccc23)c1. The fourth-order valence-electron chi connectivity index (χ4n) is 4.59. The molecule has 0 aromatic carbocycles. The van der Waals surface area contributed by atoms with Gasteiger partial charge < -0.3 is 20.1 Å². The standard InChI is InChI=1S/C21H28N8O/c1-27-13-19(23-14-27)24-20-17-7-4-10-29(17)26-21(25-20)28-9-3-6-16(28)18(30)11-15-5-2-8-22-12-15/h4,7,10,13-16,22H,2-3,5-6,8-9,11-12H2,1H3,(H,24,25,26)/t15?,16-/m0/s1. The largest absolute Gasteiger partial charge is 0.338 e. The van der Waals surface area contributed by atoms with Crippen molar-refractivity contribution in [2.45, 2.75) is 38.1 Å². The van der Waals surface area contributed by atoms with E-state index >= 15 is 0 Å². The molecule has 1 unspecified atom stereocenters. The highest BCUT2D eigenvalue weighted by Gasteiger charge is 2.34. The highest BCUT2D eigenvalue weighted by Crippen LogP contribution is 2.28. The van der Waals surface area contributed by atoms with Crippen molar-refractivity contribution in [3.05, 3.63) is 30.9 Å². The monoisotopic (exact) mass is 408 g/mol. The van der Waals surface area contributed by atoms with Gasteiger partial charge in [-0.15, -0.1) is 5.10 Å². The van der Waals surface area contributed by atoms with Crippen molar-refractivity contribution in [1.82, 2.24) is 29.5 Å². The summed E-state index contributed by atoms with van der Waals surface area (Å²) in [4.78, 5) is 24.4. The topological polar surface area (TPSA) is 92.4 Å². The Morgan fingerprint density at radius 1 is 1.33 bits per heavy atom. The molecule has 9 heteroatoms. The molecular weight excluding hydrogens is 380 g/mol. The predicted octanol–water partition coefficient (Wildman–Crippen LogP) is 2.13. The van der Waals surface area contributed by atoms with Crippen molar-refractivity contribution in [2.75, 3.05) is 29.9 Å². The van der Waals surface area contributed by atoms with Gasteiger partial charge >= 0.3 is 0 Å². The molecule has 5 rings (SSSR count). The van der Waals surface area contributed by atoms with Crippen LogP contribution in [0.3, 0.4) is 0 Å². The van der Waals surface area contributed by atoms with E-state index in [4.69, 9.17) is 10.1 Å². The number of nitrogens with zero attached hydrogens (tertiary/aromatic N) is 6. The van der Waals surface area contributed by atoms with Crippen LogP contribution in [-0.4, -0.2) is 55.6 Å². The number of nitrogens with one attached hydrogen (secondary N) is 2. The zero-order valence-corrected chi connectivity index (χ0v) is 17.3.